The molecule has 0 atom stereocenters. The monoisotopic (exact) mass is 380 g/mol. The third-order valence-electron chi connectivity index (χ3n) is 5.66. The molecule has 6 heteroatoms. The molecule has 148 valence electrons. The van der Waals surface area contributed by atoms with Gasteiger partial charge in [0, 0.05) is 37.9 Å². The number of hydrogen-bond acceptors (Lipinski definition) is 5. The number of carbonyl (C=O) groups excluding carboxylic acids is 1. The normalized spacial score (nSPS) is 18.4. The van der Waals surface area contributed by atoms with E-state index in [1.54, 1.807) is 6.20 Å². The second kappa shape index (κ2) is 8.27. The number of hydrogen-bond donors (Lipinski definition) is 0. The Hall–Kier alpha value is -2.47. The second-order valence-corrected chi connectivity index (χ2v) is 7.87. The number of morpholine rings is 1. The number of rotatable bonds is 3. The van der Waals surface area contributed by atoms with Gasteiger partial charge in [0.1, 0.15) is 11.4 Å². The zero-order chi connectivity index (χ0) is 19.5. The van der Waals surface area contributed by atoms with E-state index in [4.69, 9.17) is 9.72 Å². The highest BCUT2D eigenvalue weighted by Crippen LogP contribution is 2.26. The number of amides is 1. The highest BCUT2D eigenvalue weighted by Gasteiger charge is 2.27. The van der Waals surface area contributed by atoms with E-state index in [0.29, 0.717) is 30.5 Å². The zero-order valence-electron chi connectivity index (χ0n) is 16.7. The van der Waals surface area contributed by atoms with Crippen molar-refractivity contribution < 1.29 is 9.53 Å². The molecule has 1 amide bonds. The lowest BCUT2D eigenvalue weighted by atomic mass is 9.99. The Balaban J connectivity index is 1.69. The van der Waals surface area contributed by atoms with Gasteiger partial charge in [0.15, 0.2) is 5.82 Å². The van der Waals surface area contributed by atoms with Gasteiger partial charge in [-0.2, -0.15) is 0 Å². The Kier molecular flexibility index (Phi) is 5.57. The van der Waals surface area contributed by atoms with Crippen molar-refractivity contribution in [3.63, 3.8) is 0 Å². The SMILES string of the molecule is Cc1cccc(-c2ncc(C(=O)N3CCC(C)CC3)c(N3CCOCC3)n2)c1. The molecule has 1 aromatic heterocycles. The van der Waals surface area contributed by atoms with Crippen molar-refractivity contribution in [1.82, 2.24) is 14.9 Å². The van der Waals surface area contributed by atoms with Crippen LogP contribution in [-0.2, 0) is 4.74 Å². The van der Waals surface area contributed by atoms with Gasteiger partial charge in [-0.1, -0.05) is 30.7 Å². The van der Waals surface area contributed by atoms with Gasteiger partial charge < -0.3 is 14.5 Å². The summed E-state index contributed by atoms with van der Waals surface area (Å²) < 4.78 is 5.50. The number of nitrogens with zero attached hydrogens (tertiary/aromatic N) is 4. The van der Waals surface area contributed by atoms with Gasteiger partial charge in [0.25, 0.3) is 5.91 Å². The maximum absolute atomic E-state index is 13.3. The highest BCUT2D eigenvalue weighted by molar-refractivity contribution is 5.99. The average molecular weight is 380 g/mol. The molecule has 1 aromatic carbocycles. The summed E-state index contributed by atoms with van der Waals surface area (Å²) in [7, 11) is 0. The molecule has 4 rings (SSSR count). The fourth-order valence-corrected chi connectivity index (χ4v) is 3.85. The Morgan fingerprint density at radius 1 is 1.14 bits per heavy atom. The minimum atomic E-state index is 0.0455. The van der Waals surface area contributed by atoms with Crippen LogP contribution < -0.4 is 4.90 Å². The third kappa shape index (κ3) is 4.02. The lowest BCUT2D eigenvalue weighted by molar-refractivity contribution is 0.0696. The fraction of sp³-hybridized carbons (Fsp3) is 0.500. The van der Waals surface area contributed by atoms with Crippen LogP contribution in [-0.4, -0.2) is 60.2 Å². The Labute approximate surface area is 166 Å². The number of aryl methyl sites for hydroxylation is 1. The number of aromatic nitrogens is 2. The third-order valence-corrected chi connectivity index (χ3v) is 5.66. The summed E-state index contributed by atoms with van der Waals surface area (Å²) in [6.45, 7) is 8.70. The quantitative estimate of drug-likeness (QED) is 0.819. The van der Waals surface area contributed by atoms with E-state index in [-0.39, 0.29) is 5.91 Å². The summed E-state index contributed by atoms with van der Waals surface area (Å²) in [5, 5.41) is 0. The number of ether oxygens (including phenoxy) is 1. The molecule has 0 saturated carbocycles. The van der Waals surface area contributed by atoms with Gasteiger partial charge in [-0.05, 0) is 31.7 Å². The van der Waals surface area contributed by atoms with Crippen molar-refractivity contribution >= 4 is 11.7 Å². The summed E-state index contributed by atoms with van der Waals surface area (Å²) >= 11 is 0. The van der Waals surface area contributed by atoms with Crippen LogP contribution in [0, 0.1) is 12.8 Å². The molecule has 2 aromatic rings. The Morgan fingerprint density at radius 3 is 2.61 bits per heavy atom. The van der Waals surface area contributed by atoms with Crippen LogP contribution >= 0.6 is 0 Å². The lowest BCUT2D eigenvalue weighted by Gasteiger charge is -2.33. The van der Waals surface area contributed by atoms with Crippen LogP contribution in [0.4, 0.5) is 5.82 Å². The van der Waals surface area contributed by atoms with Crippen LogP contribution in [0.25, 0.3) is 11.4 Å². The molecule has 0 radical (unpaired) electrons. The van der Waals surface area contributed by atoms with Crippen LogP contribution in [0.1, 0.15) is 35.7 Å². The van der Waals surface area contributed by atoms with E-state index in [1.807, 2.05) is 17.0 Å². The van der Waals surface area contributed by atoms with Crippen molar-refractivity contribution in [1.29, 1.82) is 0 Å². The van der Waals surface area contributed by atoms with Crippen LogP contribution in [0.3, 0.4) is 0 Å². The van der Waals surface area contributed by atoms with Crippen molar-refractivity contribution in [3.8, 4) is 11.4 Å². The number of piperidine rings is 1. The van der Waals surface area contributed by atoms with E-state index in [0.717, 1.165) is 56.0 Å². The van der Waals surface area contributed by atoms with Crippen molar-refractivity contribution in [2.45, 2.75) is 26.7 Å². The minimum Gasteiger partial charge on any atom is -0.378 e. The molecule has 2 aliphatic heterocycles. The molecule has 2 saturated heterocycles. The molecule has 0 aliphatic carbocycles. The predicted molar refractivity (Wildman–Crippen MR) is 110 cm³/mol. The number of benzene rings is 1. The van der Waals surface area contributed by atoms with Crippen molar-refractivity contribution in [3.05, 3.63) is 41.6 Å². The average Bonchev–Trinajstić information content (AvgIpc) is 2.74. The minimum absolute atomic E-state index is 0.0455. The number of likely N-dealkylation sites (tertiary alicyclic amines) is 1. The van der Waals surface area contributed by atoms with E-state index >= 15 is 0 Å². The molecular formula is C22H28N4O2. The molecule has 0 unspecified atom stereocenters. The topological polar surface area (TPSA) is 58.6 Å². The first-order chi connectivity index (χ1) is 13.6. The predicted octanol–water partition coefficient (Wildman–Crippen LogP) is 3.16. The molecule has 2 aliphatic rings. The van der Waals surface area contributed by atoms with E-state index < -0.39 is 0 Å². The molecule has 28 heavy (non-hydrogen) atoms. The number of carbonyl (C=O) groups is 1. The molecule has 0 N–H and O–H groups in total. The molecule has 6 nitrogen and oxygen atoms in total. The van der Waals surface area contributed by atoms with Crippen LogP contribution in [0.2, 0.25) is 0 Å². The second-order valence-electron chi connectivity index (χ2n) is 7.87. The van der Waals surface area contributed by atoms with Gasteiger partial charge in [0.05, 0.1) is 13.2 Å². The zero-order valence-corrected chi connectivity index (χ0v) is 16.7. The van der Waals surface area contributed by atoms with Gasteiger partial charge in [0.2, 0.25) is 0 Å². The van der Waals surface area contributed by atoms with Crippen molar-refractivity contribution in [2.24, 2.45) is 5.92 Å². The maximum atomic E-state index is 13.3. The summed E-state index contributed by atoms with van der Waals surface area (Å²) in [5.74, 6) is 2.12. The summed E-state index contributed by atoms with van der Waals surface area (Å²) in [6, 6.07) is 8.16. The van der Waals surface area contributed by atoms with Gasteiger partial charge in [-0.25, -0.2) is 9.97 Å². The highest BCUT2D eigenvalue weighted by atomic mass is 16.5. The Bertz CT molecular complexity index is 840. The summed E-state index contributed by atoms with van der Waals surface area (Å²) in [4.78, 5) is 26.8. The molecule has 2 fully saturated rings. The van der Waals surface area contributed by atoms with Crippen molar-refractivity contribution in [2.75, 3.05) is 44.3 Å². The molecule has 0 bridgehead atoms. The molecule has 0 spiro atoms. The standard InChI is InChI=1S/C22H28N4O2/c1-16-6-8-26(9-7-16)22(27)19-15-23-20(18-5-3-4-17(2)14-18)24-21(19)25-10-12-28-13-11-25/h3-5,14-16H,6-13H2,1-2H3. The van der Waals surface area contributed by atoms with E-state index in [9.17, 15) is 4.79 Å². The first-order valence-corrected chi connectivity index (χ1v) is 10.2. The van der Waals surface area contributed by atoms with E-state index in [2.05, 4.69) is 35.9 Å². The summed E-state index contributed by atoms with van der Waals surface area (Å²) in [6.07, 6.45) is 3.83. The van der Waals surface area contributed by atoms with Gasteiger partial charge >= 0.3 is 0 Å². The van der Waals surface area contributed by atoms with Gasteiger partial charge in [-0.3, -0.25) is 4.79 Å². The smallest absolute Gasteiger partial charge is 0.259 e. The van der Waals surface area contributed by atoms with Crippen LogP contribution in [0.5, 0.6) is 0 Å². The Morgan fingerprint density at radius 2 is 1.89 bits per heavy atom. The maximum Gasteiger partial charge on any atom is 0.259 e. The number of anilines is 1. The first kappa shape index (κ1) is 18.9. The van der Waals surface area contributed by atoms with E-state index in [1.165, 1.54) is 0 Å². The van der Waals surface area contributed by atoms with Crippen LogP contribution in [0.15, 0.2) is 30.5 Å². The van der Waals surface area contributed by atoms with Gasteiger partial charge in [-0.15, -0.1) is 0 Å². The lowest BCUT2D eigenvalue weighted by Crippen LogP contribution is -2.41. The largest absolute Gasteiger partial charge is 0.378 e. The summed E-state index contributed by atoms with van der Waals surface area (Å²) in [5.41, 5.74) is 2.74. The molecular weight excluding hydrogens is 352 g/mol. The first-order valence-electron chi connectivity index (χ1n) is 10.2. The fourth-order valence-electron chi connectivity index (χ4n) is 3.85. The molecule has 3 heterocycles.